The average Bonchev–Trinajstić information content (AvgIpc) is 3.20. The van der Waals surface area contributed by atoms with Crippen LogP contribution in [0, 0.1) is 11.6 Å². The van der Waals surface area contributed by atoms with Gasteiger partial charge in [-0.2, -0.15) is 18.3 Å². The van der Waals surface area contributed by atoms with Crippen molar-refractivity contribution in [3.63, 3.8) is 0 Å². The Labute approximate surface area is 171 Å². The molecule has 1 aromatic heterocycles. The number of rotatable bonds is 3. The molecule has 0 unspecified atom stereocenters. The quantitative estimate of drug-likeness (QED) is 0.135. The van der Waals surface area contributed by atoms with E-state index in [4.69, 9.17) is 10.9 Å². The van der Waals surface area contributed by atoms with Crippen molar-refractivity contribution < 1.29 is 27.2 Å². The number of nitrogens with zero attached hydrogens (tertiary/aromatic N) is 2. The summed E-state index contributed by atoms with van der Waals surface area (Å²) in [5.41, 5.74) is 2.38. The number of benzene rings is 3. The van der Waals surface area contributed by atoms with E-state index in [1.165, 1.54) is 36.5 Å². The molecular formula is C21H13F5N4O. The van der Waals surface area contributed by atoms with Gasteiger partial charge in [0.25, 0.3) is 0 Å². The second-order valence-corrected chi connectivity index (χ2v) is 6.65. The van der Waals surface area contributed by atoms with E-state index in [1.54, 1.807) is 18.2 Å². The van der Waals surface area contributed by atoms with E-state index < -0.39 is 40.3 Å². The molecule has 0 spiro atoms. The summed E-state index contributed by atoms with van der Waals surface area (Å²) in [6.45, 7) is 0. The number of halogens is 5. The lowest BCUT2D eigenvalue weighted by atomic mass is 9.86. The van der Waals surface area contributed by atoms with E-state index in [0.717, 1.165) is 0 Å². The molecule has 5 nitrogen and oxygen atoms in total. The second-order valence-electron chi connectivity index (χ2n) is 6.65. The first-order valence-electron chi connectivity index (χ1n) is 8.83. The Bertz CT molecular complexity index is 1310. The number of alkyl halides is 3. The van der Waals surface area contributed by atoms with Gasteiger partial charge in [0.15, 0.2) is 5.84 Å². The fraction of sp³-hybridized carbons (Fsp3) is 0.0476. The van der Waals surface area contributed by atoms with Crippen molar-refractivity contribution in [2.75, 3.05) is 0 Å². The van der Waals surface area contributed by atoms with Crippen molar-refractivity contribution in [3.05, 3.63) is 77.5 Å². The lowest BCUT2D eigenvalue weighted by Gasteiger charge is -2.21. The van der Waals surface area contributed by atoms with E-state index >= 15 is 8.78 Å². The molecule has 0 saturated carbocycles. The Morgan fingerprint density at radius 2 is 1.68 bits per heavy atom. The largest absolute Gasteiger partial charge is 0.422 e. The van der Waals surface area contributed by atoms with E-state index in [2.05, 4.69) is 15.4 Å². The summed E-state index contributed by atoms with van der Waals surface area (Å²) in [5, 5.41) is 18.9. The molecule has 0 saturated heterocycles. The summed E-state index contributed by atoms with van der Waals surface area (Å²) in [6.07, 6.45) is -3.89. The summed E-state index contributed by atoms with van der Waals surface area (Å²) in [6, 6.07) is 11.9. The number of fused-ring (bicyclic) bond motifs is 1. The van der Waals surface area contributed by atoms with Gasteiger partial charge in [0.2, 0.25) is 0 Å². The standard InChI is InChI=1S/C21H13F5N4O/c22-18-15(11-6-7-12-9-28-29-13(12)8-11)14(10-4-2-1-3-5-10)16(20(27)30-31)19(23)17(18)21(24,25)26/h1-9,31H,(H2,27,30)(H,28,29). The highest BCUT2D eigenvalue weighted by molar-refractivity contribution is 6.07. The Hall–Kier alpha value is -3.95. The van der Waals surface area contributed by atoms with Crippen molar-refractivity contribution in [2.45, 2.75) is 6.18 Å². The summed E-state index contributed by atoms with van der Waals surface area (Å²) >= 11 is 0. The first-order chi connectivity index (χ1) is 14.7. The summed E-state index contributed by atoms with van der Waals surface area (Å²) in [7, 11) is 0. The molecule has 0 aliphatic heterocycles. The molecule has 0 atom stereocenters. The van der Waals surface area contributed by atoms with Crippen LogP contribution in [0.4, 0.5) is 22.0 Å². The van der Waals surface area contributed by atoms with Gasteiger partial charge in [-0.3, -0.25) is 5.10 Å². The first-order valence-corrected chi connectivity index (χ1v) is 8.83. The van der Waals surface area contributed by atoms with Crippen LogP contribution in [0.25, 0.3) is 33.2 Å². The minimum atomic E-state index is -5.37. The zero-order valence-electron chi connectivity index (χ0n) is 15.5. The zero-order chi connectivity index (χ0) is 22.3. The van der Waals surface area contributed by atoms with Crippen LogP contribution in [-0.2, 0) is 6.18 Å². The Balaban J connectivity index is 2.22. The number of hydrogen-bond donors (Lipinski definition) is 3. The van der Waals surface area contributed by atoms with Crippen LogP contribution in [0.3, 0.4) is 0 Å². The van der Waals surface area contributed by atoms with Crippen LogP contribution >= 0.6 is 0 Å². The molecule has 0 aliphatic rings. The molecule has 4 aromatic rings. The molecule has 3 aromatic carbocycles. The maximum absolute atomic E-state index is 15.4. The highest BCUT2D eigenvalue weighted by Crippen LogP contribution is 2.45. The van der Waals surface area contributed by atoms with Crippen molar-refractivity contribution in [2.24, 2.45) is 10.9 Å². The number of H-pyrrole nitrogens is 1. The van der Waals surface area contributed by atoms with Crippen LogP contribution in [0.15, 0.2) is 59.9 Å². The first kappa shape index (κ1) is 20.3. The number of aromatic nitrogens is 2. The number of aromatic amines is 1. The number of nitrogens with two attached hydrogens (primary N) is 1. The smallest absolute Gasteiger partial charge is 0.409 e. The highest BCUT2D eigenvalue weighted by atomic mass is 19.4. The summed E-state index contributed by atoms with van der Waals surface area (Å²) in [5.74, 6) is -4.70. The van der Waals surface area contributed by atoms with Gasteiger partial charge >= 0.3 is 6.18 Å². The molecule has 0 bridgehead atoms. The van der Waals surface area contributed by atoms with E-state index in [9.17, 15) is 13.2 Å². The zero-order valence-corrected chi connectivity index (χ0v) is 15.5. The highest BCUT2D eigenvalue weighted by Gasteiger charge is 2.42. The predicted molar refractivity (Wildman–Crippen MR) is 104 cm³/mol. The van der Waals surface area contributed by atoms with Crippen LogP contribution in [0.2, 0.25) is 0 Å². The normalized spacial score (nSPS) is 12.5. The number of hydrogen-bond acceptors (Lipinski definition) is 3. The Kier molecular flexibility index (Phi) is 4.84. The third-order valence-corrected chi connectivity index (χ3v) is 4.82. The molecule has 0 fully saturated rings. The molecular weight excluding hydrogens is 419 g/mol. The summed E-state index contributed by atoms with van der Waals surface area (Å²) in [4.78, 5) is 0. The predicted octanol–water partition coefficient (Wildman–Crippen LogP) is 5.29. The molecule has 0 radical (unpaired) electrons. The van der Waals surface area contributed by atoms with Crippen molar-refractivity contribution in [1.82, 2.24) is 10.2 Å². The molecule has 31 heavy (non-hydrogen) atoms. The molecule has 1 heterocycles. The van der Waals surface area contributed by atoms with Gasteiger partial charge in [-0.15, -0.1) is 0 Å². The van der Waals surface area contributed by atoms with Gasteiger partial charge in [-0.1, -0.05) is 47.6 Å². The van der Waals surface area contributed by atoms with Crippen LogP contribution in [-0.4, -0.2) is 21.2 Å². The number of nitrogens with one attached hydrogen (secondary N) is 1. The molecule has 0 amide bonds. The molecule has 158 valence electrons. The third-order valence-electron chi connectivity index (χ3n) is 4.82. The minimum absolute atomic E-state index is 0.0191. The number of amidine groups is 1. The van der Waals surface area contributed by atoms with E-state index in [0.29, 0.717) is 10.9 Å². The second kappa shape index (κ2) is 7.38. The summed E-state index contributed by atoms with van der Waals surface area (Å²) < 4.78 is 71.4. The monoisotopic (exact) mass is 432 g/mol. The van der Waals surface area contributed by atoms with Gasteiger partial charge in [0, 0.05) is 16.5 Å². The fourth-order valence-electron chi connectivity index (χ4n) is 3.49. The van der Waals surface area contributed by atoms with Crippen molar-refractivity contribution >= 4 is 16.7 Å². The van der Waals surface area contributed by atoms with Crippen LogP contribution in [0.1, 0.15) is 11.1 Å². The lowest BCUT2D eigenvalue weighted by molar-refractivity contribution is -0.142. The van der Waals surface area contributed by atoms with Gasteiger partial charge < -0.3 is 10.9 Å². The van der Waals surface area contributed by atoms with Gasteiger partial charge in [0.1, 0.15) is 17.2 Å². The SMILES string of the molecule is NC(=NO)c1c(F)c(C(F)(F)F)c(F)c(-c2ccc3cn[nH]c3c2)c1-c1ccccc1. The number of oxime groups is 1. The fourth-order valence-corrected chi connectivity index (χ4v) is 3.49. The Morgan fingerprint density at radius 1 is 0.968 bits per heavy atom. The van der Waals surface area contributed by atoms with Crippen molar-refractivity contribution in [3.8, 4) is 22.3 Å². The lowest BCUT2D eigenvalue weighted by Crippen LogP contribution is -2.22. The van der Waals surface area contributed by atoms with E-state index in [1.807, 2.05) is 0 Å². The molecule has 4 rings (SSSR count). The van der Waals surface area contributed by atoms with Crippen LogP contribution < -0.4 is 5.73 Å². The van der Waals surface area contributed by atoms with Crippen LogP contribution in [0.5, 0.6) is 0 Å². The van der Waals surface area contributed by atoms with E-state index in [-0.39, 0.29) is 16.7 Å². The van der Waals surface area contributed by atoms with Gasteiger partial charge in [0.05, 0.1) is 17.3 Å². The third kappa shape index (κ3) is 3.35. The molecule has 10 heteroatoms. The average molecular weight is 432 g/mol. The molecule has 0 aliphatic carbocycles. The van der Waals surface area contributed by atoms with Crippen molar-refractivity contribution in [1.29, 1.82) is 0 Å². The van der Waals surface area contributed by atoms with Gasteiger partial charge in [-0.05, 0) is 17.2 Å². The molecule has 4 N–H and O–H groups in total. The minimum Gasteiger partial charge on any atom is -0.409 e. The topological polar surface area (TPSA) is 87.3 Å². The maximum atomic E-state index is 15.4. The maximum Gasteiger partial charge on any atom is 0.422 e. The van der Waals surface area contributed by atoms with Gasteiger partial charge in [-0.25, -0.2) is 8.78 Å². The Morgan fingerprint density at radius 3 is 2.32 bits per heavy atom.